The first-order valence-electron chi connectivity index (χ1n) is 7.15. The maximum atomic E-state index is 12.2. The SMILES string of the molecule is Cn1nc(C(=O)N[C@H]2CCN(c3ccccn3)C2)ccc1=O. The van der Waals surface area contributed by atoms with Gasteiger partial charge in [0, 0.05) is 38.4 Å². The second-order valence-electron chi connectivity index (χ2n) is 5.27. The molecular weight excluding hydrogens is 282 g/mol. The van der Waals surface area contributed by atoms with Crippen molar-refractivity contribution in [2.75, 3.05) is 18.0 Å². The second kappa shape index (κ2) is 5.97. The number of amides is 1. The van der Waals surface area contributed by atoms with E-state index in [1.807, 2.05) is 18.2 Å². The van der Waals surface area contributed by atoms with Gasteiger partial charge in [0.15, 0.2) is 0 Å². The van der Waals surface area contributed by atoms with E-state index in [9.17, 15) is 9.59 Å². The summed E-state index contributed by atoms with van der Waals surface area (Å²) in [7, 11) is 1.53. The molecule has 7 nitrogen and oxygen atoms in total. The molecular formula is C15H17N5O2. The quantitative estimate of drug-likeness (QED) is 0.875. The molecule has 3 heterocycles. The molecule has 1 fully saturated rings. The zero-order valence-electron chi connectivity index (χ0n) is 12.3. The highest BCUT2D eigenvalue weighted by Gasteiger charge is 2.25. The Morgan fingerprint density at radius 3 is 2.91 bits per heavy atom. The number of aryl methyl sites for hydroxylation is 1. The molecule has 7 heteroatoms. The lowest BCUT2D eigenvalue weighted by Gasteiger charge is -2.17. The Kier molecular flexibility index (Phi) is 3.86. The number of nitrogens with one attached hydrogen (secondary N) is 1. The Labute approximate surface area is 127 Å². The lowest BCUT2D eigenvalue weighted by molar-refractivity contribution is 0.0933. The Morgan fingerprint density at radius 1 is 1.32 bits per heavy atom. The molecule has 0 saturated carbocycles. The molecule has 0 aromatic carbocycles. The van der Waals surface area contributed by atoms with Crippen molar-refractivity contribution in [2.45, 2.75) is 12.5 Å². The van der Waals surface area contributed by atoms with Gasteiger partial charge in [-0.1, -0.05) is 6.07 Å². The summed E-state index contributed by atoms with van der Waals surface area (Å²) < 4.78 is 1.16. The van der Waals surface area contributed by atoms with Gasteiger partial charge in [0.2, 0.25) is 0 Å². The highest BCUT2D eigenvalue weighted by Crippen LogP contribution is 2.17. The van der Waals surface area contributed by atoms with Gasteiger partial charge in [-0.2, -0.15) is 5.10 Å². The van der Waals surface area contributed by atoms with E-state index in [-0.39, 0.29) is 23.2 Å². The first kappa shape index (κ1) is 14.2. The molecule has 0 aliphatic carbocycles. The smallest absolute Gasteiger partial charge is 0.272 e. The summed E-state index contributed by atoms with van der Waals surface area (Å²) >= 11 is 0. The summed E-state index contributed by atoms with van der Waals surface area (Å²) in [6.45, 7) is 1.57. The average Bonchev–Trinajstić information content (AvgIpc) is 2.99. The summed E-state index contributed by atoms with van der Waals surface area (Å²) in [4.78, 5) is 29.9. The van der Waals surface area contributed by atoms with Crippen molar-refractivity contribution in [3.05, 3.63) is 52.6 Å². The summed E-state index contributed by atoms with van der Waals surface area (Å²) in [5, 5.41) is 6.91. The predicted molar refractivity (Wildman–Crippen MR) is 81.8 cm³/mol. The fourth-order valence-electron chi connectivity index (χ4n) is 2.51. The summed E-state index contributed by atoms with van der Waals surface area (Å²) in [5.74, 6) is 0.656. The van der Waals surface area contributed by atoms with Crippen molar-refractivity contribution in [2.24, 2.45) is 7.05 Å². The minimum absolute atomic E-state index is 0.0496. The van der Waals surface area contributed by atoms with E-state index in [1.165, 1.54) is 19.2 Å². The van der Waals surface area contributed by atoms with Crippen LogP contribution < -0.4 is 15.8 Å². The number of rotatable bonds is 3. The highest BCUT2D eigenvalue weighted by molar-refractivity contribution is 5.92. The van der Waals surface area contributed by atoms with Gasteiger partial charge in [0.1, 0.15) is 11.5 Å². The Morgan fingerprint density at radius 2 is 2.18 bits per heavy atom. The van der Waals surface area contributed by atoms with E-state index in [0.29, 0.717) is 6.54 Å². The Hall–Kier alpha value is -2.70. The van der Waals surface area contributed by atoms with Crippen LogP contribution in [0.5, 0.6) is 0 Å². The lowest BCUT2D eigenvalue weighted by atomic mass is 10.2. The van der Waals surface area contributed by atoms with Crippen LogP contribution in [0.4, 0.5) is 5.82 Å². The molecule has 2 aromatic heterocycles. The Bertz CT molecular complexity index is 728. The van der Waals surface area contributed by atoms with Crippen LogP contribution >= 0.6 is 0 Å². The van der Waals surface area contributed by atoms with Crippen molar-refractivity contribution in [3.63, 3.8) is 0 Å². The number of carbonyl (C=O) groups excluding carboxylic acids is 1. The molecule has 22 heavy (non-hydrogen) atoms. The summed E-state index contributed by atoms with van der Waals surface area (Å²) in [6.07, 6.45) is 2.61. The minimum atomic E-state index is -0.261. The molecule has 0 radical (unpaired) electrons. The molecule has 1 aliphatic rings. The van der Waals surface area contributed by atoms with Gasteiger partial charge in [-0.3, -0.25) is 9.59 Å². The minimum Gasteiger partial charge on any atom is -0.354 e. The summed E-state index contributed by atoms with van der Waals surface area (Å²) in [5.41, 5.74) is 0.0112. The van der Waals surface area contributed by atoms with Gasteiger partial charge in [-0.05, 0) is 24.6 Å². The first-order chi connectivity index (χ1) is 10.6. The fraction of sp³-hybridized carbons (Fsp3) is 0.333. The van der Waals surface area contributed by atoms with Crippen LogP contribution in [-0.2, 0) is 7.05 Å². The van der Waals surface area contributed by atoms with E-state index in [0.717, 1.165) is 23.5 Å². The number of hydrogen-bond donors (Lipinski definition) is 1. The van der Waals surface area contributed by atoms with Crippen LogP contribution in [0.25, 0.3) is 0 Å². The molecule has 1 amide bonds. The maximum absolute atomic E-state index is 12.2. The van der Waals surface area contributed by atoms with Crippen LogP contribution in [0.3, 0.4) is 0 Å². The van der Waals surface area contributed by atoms with Gasteiger partial charge in [-0.25, -0.2) is 9.67 Å². The number of pyridine rings is 1. The van der Waals surface area contributed by atoms with Crippen LogP contribution in [0.2, 0.25) is 0 Å². The Balaban J connectivity index is 1.63. The van der Waals surface area contributed by atoms with Gasteiger partial charge >= 0.3 is 0 Å². The third-order valence-electron chi connectivity index (χ3n) is 3.69. The molecule has 3 rings (SSSR count). The van der Waals surface area contributed by atoms with Crippen LogP contribution in [0.15, 0.2) is 41.3 Å². The molecule has 2 aromatic rings. The largest absolute Gasteiger partial charge is 0.354 e. The van der Waals surface area contributed by atoms with Gasteiger partial charge in [0.05, 0.1) is 0 Å². The number of aromatic nitrogens is 3. The first-order valence-corrected chi connectivity index (χ1v) is 7.15. The second-order valence-corrected chi connectivity index (χ2v) is 5.27. The van der Waals surface area contributed by atoms with Crippen molar-refractivity contribution in [3.8, 4) is 0 Å². The normalized spacial score (nSPS) is 17.5. The molecule has 0 bridgehead atoms. The van der Waals surface area contributed by atoms with Crippen molar-refractivity contribution >= 4 is 11.7 Å². The number of carbonyl (C=O) groups is 1. The molecule has 1 aliphatic heterocycles. The molecule has 1 atom stereocenters. The van der Waals surface area contributed by atoms with E-state index >= 15 is 0 Å². The number of nitrogens with zero attached hydrogens (tertiary/aromatic N) is 4. The van der Waals surface area contributed by atoms with Crippen LogP contribution in [0, 0.1) is 0 Å². The molecule has 1 N–H and O–H groups in total. The maximum Gasteiger partial charge on any atom is 0.272 e. The summed E-state index contributed by atoms with van der Waals surface area (Å²) in [6, 6.07) is 8.62. The standard InChI is InChI=1S/C15H17N5O2/c1-19-14(21)6-5-12(18-19)15(22)17-11-7-9-20(10-11)13-4-2-3-8-16-13/h2-6,8,11H,7,9-10H2,1H3,(H,17,22)/t11-/m0/s1. The van der Waals surface area contributed by atoms with Crippen LogP contribution in [-0.4, -0.2) is 39.8 Å². The van der Waals surface area contributed by atoms with E-state index in [2.05, 4.69) is 20.3 Å². The highest BCUT2D eigenvalue weighted by atomic mass is 16.2. The van der Waals surface area contributed by atoms with Crippen molar-refractivity contribution < 1.29 is 4.79 Å². The fourth-order valence-corrected chi connectivity index (χ4v) is 2.51. The van der Waals surface area contributed by atoms with Crippen molar-refractivity contribution in [1.82, 2.24) is 20.1 Å². The van der Waals surface area contributed by atoms with Gasteiger partial charge < -0.3 is 10.2 Å². The number of hydrogen-bond acceptors (Lipinski definition) is 5. The number of anilines is 1. The topological polar surface area (TPSA) is 80.1 Å². The van der Waals surface area contributed by atoms with E-state index in [4.69, 9.17) is 0 Å². The van der Waals surface area contributed by atoms with Gasteiger partial charge in [-0.15, -0.1) is 0 Å². The monoisotopic (exact) mass is 299 g/mol. The average molecular weight is 299 g/mol. The molecule has 0 unspecified atom stereocenters. The zero-order valence-corrected chi connectivity index (χ0v) is 12.3. The molecule has 0 spiro atoms. The molecule has 1 saturated heterocycles. The van der Waals surface area contributed by atoms with E-state index in [1.54, 1.807) is 6.20 Å². The third-order valence-corrected chi connectivity index (χ3v) is 3.69. The van der Waals surface area contributed by atoms with Gasteiger partial charge in [0.25, 0.3) is 11.5 Å². The van der Waals surface area contributed by atoms with Crippen molar-refractivity contribution in [1.29, 1.82) is 0 Å². The lowest BCUT2D eigenvalue weighted by Crippen LogP contribution is -2.38. The zero-order chi connectivity index (χ0) is 15.5. The molecule has 114 valence electrons. The van der Waals surface area contributed by atoms with Crippen LogP contribution in [0.1, 0.15) is 16.9 Å². The predicted octanol–water partition coefficient (Wildman–Crippen LogP) is 0.184. The third kappa shape index (κ3) is 2.98. The van der Waals surface area contributed by atoms with E-state index < -0.39 is 0 Å².